The molecule has 0 atom stereocenters. The van der Waals surface area contributed by atoms with Gasteiger partial charge in [-0.15, -0.1) is 0 Å². The molecule has 0 amide bonds. The summed E-state index contributed by atoms with van der Waals surface area (Å²) in [6.07, 6.45) is 0. The average molecular weight is 211 g/mol. The van der Waals surface area contributed by atoms with Crippen molar-refractivity contribution < 1.29 is 23.4 Å². The summed E-state index contributed by atoms with van der Waals surface area (Å²) in [5, 5.41) is 10.4. The van der Waals surface area contributed by atoms with Gasteiger partial charge in [0.1, 0.15) is 0 Å². The van der Waals surface area contributed by atoms with Crippen LogP contribution in [-0.4, -0.2) is 42.8 Å². The van der Waals surface area contributed by atoms with Crippen molar-refractivity contribution in [1.82, 2.24) is 5.32 Å². The van der Waals surface area contributed by atoms with Crippen LogP contribution in [0.15, 0.2) is 0 Å². The maximum Gasteiger partial charge on any atom is 0.375 e. The average Bonchev–Trinajstić information content (AvgIpc) is 2.03. The van der Waals surface area contributed by atoms with E-state index in [1.165, 1.54) is 7.11 Å². The van der Waals surface area contributed by atoms with E-state index in [9.17, 15) is 13.6 Å². The number of hydrogen-bond donors (Lipinski definition) is 2. The topological polar surface area (TPSA) is 58.6 Å². The Bertz CT molecular complexity index is 207. The molecule has 0 unspecified atom stereocenters. The molecule has 0 aliphatic carbocycles. The van der Waals surface area contributed by atoms with E-state index in [0.29, 0.717) is 0 Å². The number of rotatable bonds is 6. The minimum atomic E-state index is -3.73. The van der Waals surface area contributed by atoms with Gasteiger partial charge in [0.25, 0.3) is 0 Å². The zero-order valence-electron chi connectivity index (χ0n) is 8.43. The number of carboxylic acid groups (broad SMARTS) is 1. The summed E-state index contributed by atoms with van der Waals surface area (Å²) >= 11 is 0. The Labute approximate surface area is 81.2 Å². The molecule has 2 N–H and O–H groups in total. The molecule has 0 radical (unpaired) electrons. The highest BCUT2D eigenvalue weighted by molar-refractivity contribution is 5.75. The van der Waals surface area contributed by atoms with Crippen molar-refractivity contribution in [3.8, 4) is 0 Å². The highest BCUT2D eigenvalue weighted by Gasteiger charge is 2.38. The lowest BCUT2D eigenvalue weighted by molar-refractivity contribution is -0.164. The standard InChI is InChI=1S/C8H15F2NO3/c1-7(2,14-3)4-11-5-8(9,10)6(12)13/h11H,4-5H2,1-3H3,(H,12,13). The molecule has 0 saturated carbocycles. The molecule has 0 aromatic heterocycles. The second-order valence-electron chi connectivity index (χ2n) is 3.58. The quantitative estimate of drug-likeness (QED) is 0.679. The van der Waals surface area contributed by atoms with E-state index in [0.717, 1.165) is 0 Å². The predicted octanol–water partition coefficient (Wildman–Crippen LogP) is 0.721. The van der Waals surface area contributed by atoms with Gasteiger partial charge in [-0.05, 0) is 13.8 Å². The Kier molecular flexibility index (Phi) is 4.41. The van der Waals surface area contributed by atoms with Gasteiger partial charge < -0.3 is 15.2 Å². The van der Waals surface area contributed by atoms with Gasteiger partial charge in [-0.25, -0.2) is 4.79 Å². The summed E-state index contributed by atoms with van der Waals surface area (Å²) in [5.74, 6) is -5.86. The molecule has 0 saturated heterocycles. The summed E-state index contributed by atoms with van der Waals surface area (Å²) in [6, 6.07) is 0. The zero-order valence-corrected chi connectivity index (χ0v) is 8.43. The molecular formula is C8H15F2NO3. The Balaban J connectivity index is 3.91. The van der Waals surface area contributed by atoms with E-state index < -0.39 is 24.0 Å². The smallest absolute Gasteiger partial charge is 0.375 e. The number of carbonyl (C=O) groups is 1. The van der Waals surface area contributed by atoms with Crippen LogP contribution in [0.3, 0.4) is 0 Å². The van der Waals surface area contributed by atoms with Crippen LogP contribution in [0.4, 0.5) is 8.78 Å². The van der Waals surface area contributed by atoms with E-state index in [1.54, 1.807) is 13.8 Å². The maximum absolute atomic E-state index is 12.5. The number of nitrogens with one attached hydrogen (secondary N) is 1. The number of methoxy groups -OCH3 is 1. The second kappa shape index (κ2) is 4.65. The van der Waals surface area contributed by atoms with Gasteiger partial charge in [-0.3, -0.25) is 0 Å². The Morgan fingerprint density at radius 3 is 2.29 bits per heavy atom. The van der Waals surface area contributed by atoms with Gasteiger partial charge >= 0.3 is 11.9 Å². The summed E-state index contributed by atoms with van der Waals surface area (Å²) in [6.45, 7) is 2.68. The highest BCUT2D eigenvalue weighted by Crippen LogP contribution is 2.12. The second-order valence-corrected chi connectivity index (χ2v) is 3.58. The lowest BCUT2D eigenvalue weighted by atomic mass is 10.1. The largest absolute Gasteiger partial charge is 0.477 e. The predicted molar refractivity (Wildman–Crippen MR) is 46.5 cm³/mol. The molecule has 0 aliphatic rings. The van der Waals surface area contributed by atoms with Crippen molar-refractivity contribution in [2.24, 2.45) is 0 Å². The molecule has 84 valence electrons. The first-order valence-corrected chi connectivity index (χ1v) is 4.08. The van der Waals surface area contributed by atoms with E-state index in [4.69, 9.17) is 9.84 Å². The number of ether oxygens (including phenoxy) is 1. The Hall–Kier alpha value is -0.750. The number of aliphatic carboxylic acids is 1. The minimum Gasteiger partial charge on any atom is -0.477 e. The molecule has 0 aromatic rings. The van der Waals surface area contributed by atoms with Gasteiger partial charge in [0.15, 0.2) is 0 Å². The van der Waals surface area contributed by atoms with Crippen molar-refractivity contribution in [3.05, 3.63) is 0 Å². The van der Waals surface area contributed by atoms with Crippen LogP contribution in [0.25, 0.3) is 0 Å². The molecule has 4 nitrogen and oxygen atoms in total. The lowest BCUT2D eigenvalue weighted by Crippen LogP contribution is -2.45. The van der Waals surface area contributed by atoms with Gasteiger partial charge in [0.2, 0.25) is 0 Å². The fraction of sp³-hybridized carbons (Fsp3) is 0.875. The van der Waals surface area contributed by atoms with Crippen molar-refractivity contribution in [2.75, 3.05) is 20.2 Å². The van der Waals surface area contributed by atoms with Crippen LogP contribution in [-0.2, 0) is 9.53 Å². The molecule has 0 heterocycles. The zero-order chi connectivity index (χ0) is 11.4. The third kappa shape index (κ3) is 4.48. The molecule has 0 bridgehead atoms. The first kappa shape index (κ1) is 13.2. The molecule has 0 aromatic carbocycles. The van der Waals surface area contributed by atoms with Crippen LogP contribution in [0.2, 0.25) is 0 Å². The minimum absolute atomic E-state index is 0.159. The normalized spacial score (nSPS) is 12.9. The van der Waals surface area contributed by atoms with Gasteiger partial charge in [-0.2, -0.15) is 8.78 Å². The van der Waals surface area contributed by atoms with Crippen molar-refractivity contribution in [2.45, 2.75) is 25.4 Å². The summed E-state index contributed by atoms with van der Waals surface area (Å²) in [7, 11) is 1.46. The van der Waals surface area contributed by atoms with Gasteiger partial charge in [-0.1, -0.05) is 0 Å². The van der Waals surface area contributed by atoms with Crippen LogP contribution in [0.5, 0.6) is 0 Å². The monoisotopic (exact) mass is 211 g/mol. The van der Waals surface area contributed by atoms with Crippen molar-refractivity contribution in [1.29, 1.82) is 0 Å². The SMILES string of the molecule is COC(C)(C)CNCC(F)(F)C(=O)O. The van der Waals surface area contributed by atoms with Crippen LogP contribution >= 0.6 is 0 Å². The summed E-state index contributed by atoms with van der Waals surface area (Å²) in [4.78, 5) is 10.0. The Morgan fingerprint density at radius 2 is 1.93 bits per heavy atom. The van der Waals surface area contributed by atoms with E-state index in [1.807, 2.05) is 0 Å². The van der Waals surface area contributed by atoms with Crippen LogP contribution in [0.1, 0.15) is 13.8 Å². The number of hydrogen-bond acceptors (Lipinski definition) is 3. The highest BCUT2D eigenvalue weighted by atomic mass is 19.3. The molecular weight excluding hydrogens is 196 g/mol. The van der Waals surface area contributed by atoms with Gasteiger partial charge in [0.05, 0.1) is 12.1 Å². The van der Waals surface area contributed by atoms with Crippen LogP contribution in [0, 0.1) is 0 Å². The molecule has 0 rings (SSSR count). The third-order valence-corrected chi connectivity index (χ3v) is 1.76. The Morgan fingerprint density at radius 1 is 1.43 bits per heavy atom. The number of alkyl halides is 2. The molecule has 14 heavy (non-hydrogen) atoms. The first-order chi connectivity index (χ1) is 6.21. The van der Waals surface area contributed by atoms with Gasteiger partial charge in [0, 0.05) is 13.7 Å². The van der Waals surface area contributed by atoms with Crippen molar-refractivity contribution >= 4 is 5.97 Å². The van der Waals surface area contributed by atoms with E-state index in [-0.39, 0.29) is 6.54 Å². The summed E-state index contributed by atoms with van der Waals surface area (Å²) in [5.41, 5.74) is -0.589. The van der Waals surface area contributed by atoms with Crippen LogP contribution < -0.4 is 5.32 Å². The van der Waals surface area contributed by atoms with E-state index >= 15 is 0 Å². The fourth-order valence-electron chi connectivity index (χ4n) is 0.668. The number of carboxylic acids is 1. The summed E-state index contributed by atoms with van der Waals surface area (Å²) < 4.78 is 30.0. The molecule has 6 heteroatoms. The lowest BCUT2D eigenvalue weighted by Gasteiger charge is -2.24. The van der Waals surface area contributed by atoms with E-state index in [2.05, 4.69) is 5.32 Å². The first-order valence-electron chi connectivity index (χ1n) is 4.08. The maximum atomic E-state index is 12.5. The number of halogens is 2. The fourth-order valence-corrected chi connectivity index (χ4v) is 0.668. The molecule has 0 aliphatic heterocycles. The molecule has 0 fully saturated rings. The van der Waals surface area contributed by atoms with Crippen molar-refractivity contribution in [3.63, 3.8) is 0 Å². The third-order valence-electron chi connectivity index (χ3n) is 1.76. The molecule has 0 spiro atoms.